The molecular formula is C25H30N4O4. The molecule has 1 spiro atoms. The fourth-order valence-corrected chi connectivity index (χ4v) is 5.51. The molecule has 1 aliphatic carbocycles. The second-order valence-corrected chi connectivity index (χ2v) is 9.93. The van der Waals surface area contributed by atoms with Crippen molar-refractivity contribution in [1.29, 1.82) is 0 Å². The van der Waals surface area contributed by atoms with Crippen molar-refractivity contribution in [2.75, 3.05) is 13.1 Å². The lowest BCUT2D eigenvalue weighted by Gasteiger charge is -2.42. The molecule has 8 nitrogen and oxygen atoms in total. The third-order valence-corrected chi connectivity index (χ3v) is 7.92. The zero-order chi connectivity index (χ0) is 23.4. The monoisotopic (exact) mass is 450 g/mol. The van der Waals surface area contributed by atoms with E-state index in [9.17, 15) is 14.4 Å². The molecular weight excluding hydrogens is 420 g/mol. The molecule has 2 N–H and O–H groups in total. The number of aryl methyl sites for hydroxylation is 2. The van der Waals surface area contributed by atoms with Gasteiger partial charge in [0.1, 0.15) is 11.2 Å². The highest BCUT2D eigenvalue weighted by Crippen LogP contribution is 2.48. The molecule has 2 aliphatic heterocycles. The summed E-state index contributed by atoms with van der Waals surface area (Å²) in [6.07, 6.45) is 2.85. The van der Waals surface area contributed by atoms with Crippen LogP contribution in [0.2, 0.25) is 0 Å². The highest BCUT2D eigenvalue weighted by molar-refractivity contribution is 6.07. The van der Waals surface area contributed by atoms with Gasteiger partial charge in [-0.3, -0.25) is 14.4 Å². The van der Waals surface area contributed by atoms with Crippen LogP contribution < -0.4 is 5.73 Å². The number of primary amides is 1. The van der Waals surface area contributed by atoms with Gasteiger partial charge in [-0.15, -0.1) is 0 Å². The van der Waals surface area contributed by atoms with Gasteiger partial charge in [0.25, 0.3) is 0 Å². The Kier molecular flexibility index (Phi) is 5.06. The predicted octanol–water partition coefficient (Wildman–Crippen LogP) is 2.25. The van der Waals surface area contributed by atoms with Crippen molar-refractivity contribution in [3.05, 3.63) is 52.4 Å². The first kappa shape index (κ1) is 21.7. The smallest absolute Gasteiger partial charge is 0.238 e. The number of carbonyl (C=O) groups excluding carboxylic acids is 3. The molecule has 0 unspecified atom stereocenters. The Hall–Kier alpha value is -3.16. The third-order valence-electron chi connectivity index (χ3n) is 7.92. The SMILES string of the molecule is Cc1noc(C)c1CN1Cc2ccccc2CC2(CCN(C(=O)C3(C(N)=O)CC3)CC2)C1=O. The Morgan fingerprint density at radius 1 is 1.09 bits per heavy atom. The molecule has 1 saturated carbocycles. The van der Waals surface area contributed by atoms with E-state index in [1.807, 2.05) is 30.9 Å². The lowest BCUT2D eigenvalue weighted by molar-refractivity contribution is -0.152. The largest absolute Gasteiger partial charge is 0.369 e. The lowest BCUT2D eigenvalue weighted by atomic mass is 9.72. The van der Waals surface area contributed by atoms with Crippen LogP contribution in [0, 0.1) is 24.7 Å². The summed E-state index contributed by atoms with van der Waals surface area (Å²) < 4.78 is 5.34. The molecule has 33 heavy (non-hydrogen) atoms. The van der Waals surface area contributed by atoms with Crippen LogP contribution in [0.25, 0.3) is 0 Å². The minimum atomic E-state index is -1.01. The Bertz CT molecular complexity index is 1110. The average molecular weight is 451 g/mol. The molecule has 3 amide bonds. The van der Waals surface area contributed by atoms with Gasteiger partial charge in [0.2, 0.25) is 17.7 Å². The van der Waals surface area contributed by atoms with E-state index in [0.717, 1.165) is 22.6 Å². The van der Waals surface area contributed by atoms with Gasteiger partial charge >= 0.3 is 0 Å². The van der Waals surface area contributed by atoms with E-state index in [-0.39, 0.29) is 11.8 Å². The van der Waals surface area contributed by atoms with Crippen LogP contribution in [0.4, 0.5) is 0 Å². The lowest BCUT2D eigenvalue weighted by Crippen LogP contribution is -2.53. The molecule has 3 aliphatic rings. The number of fused-ring (bicyclic) bond motifs is 1. The Labute approximate surface area is 193 Å². The van der Waals surface area contributed by atoms with Crippen LogP contribution in [-0.4, -0.2) is 45.8 Å². The fourth-order valence-electron chi connectivity index (χ4n) is 5.51. The quantitative estimate of drug-likeness (QED) is 0.719. The number of aromatic nitrogens is 1. The molecule has 0 radical (unpaired) electrons. The van der Waals surface area contributed by atoms with E-state index < -0.39 is 16.7 Å². The highest BCUT2D eigenvalue weighted by atomic mass is 16.5. The fraction of sp³-hybridized carbons (Fsp3) is 0.520. The van der Waals surface area contributed by atoms with Crippen molar-refractivity contribution in [2.45, 2.75) is 59.0 Å². The normalized spacial score (nSPS) is 21.0. The summed E-state index contributed by atoms with van der Waals surface area (Å²) in [5, 5.41) is 4.06. The van der Waals surface area contributed by atoms with Gasteiger partial charge in [-0.1, -0.05) is 29.4 Å². The number of nitrogens with zero attached hydrogens (tertiary/aromatic N) is 3. The molecule has 174 valence electrons. The van der Waals surface area contributed by atoms with Gasteiger partial charge in [0.05, 0.1) is 17.7 Å². The molecule has 0 atom stereocenters. The van der Waals surface area contributed by atoms with Crippen molar-refractivity contribution in [3.63, 3.8) is 0 Å². The zero-order valence-corrected chi connectivity index (χ0v) is 19.2. The molecule has 3 heterocycles. The van der Waals surface area contributed by atoms with Crippen molar-refractivity contribution < 1.29 is 18.9 Å². The molecule has 1 aromatic carbocycles. The summed E-state index contributed by atoms with van der Waals surface area (Å²) in [6, 6.07) is 8.22. The number of amides is 3. The maximum Gasteiger partial charge on any atom is 0.238 e. The van der Waals surface area contributed by atoms with Crippen molar-refractivity contribution in [1.82, 2.24) is 15.0 Å². The molecule has 2 aromatic rings. The number of carbonyl (C=O) groups is 3. The topological polar surface area (TPSA) is 110 Å². The Morgan fingerprint density at radius 2 is 1.76 bits per heavy atom. The van der Waals surface area contributed by atoms with Gasteiger partial charge < -0.3 is 20.1 Å². The number of benzene rings is 1. The van der Waals surface area contributed by atoms with Gasteiger partial charge in [0, 0.05) is 25.2 Å². The minimum absolute atomic E-state index is 0.113. The number of rotatable bonds is 4. The summed E-state index contributed by atoms with van der Waals surface area (Å²) in [7, 11) is 0. The first-order chi connectivity index (χ1) is 15.8. The van der Waals surface area contributed by atoms with Gasteiger partial charge in [-0.25, -0.2) is 0 Å². The maximum atomic E-state index is 14.0. The van der Waals surface area contributed by atoms with Gasteiger partial charge in [0.15, 0.2) is 0 Å². The van der Waals surface area contributed by atoms with Crippen LogP contribution >= 0.6 is 0 Å². The first-order valence-electron chi connectivity index (χ1n) is 11.6. The standard InChI is InChI=1S/C25H30N4O4/c1-16-20(17(2)33-27-16)15-29-14-19-6-4-3-5-18(19)13-24(22(29)31)9-11-28(12-10-24)23(32)25(7-8-25)21(26)30/h3-6H,7-15H2,1-2H3,(H2,26,30). The van der Waals surface area contributed by atoms with Crippen LogP contribution in [-0.2, 0) is 33.9 Å². The Balaban J connectivity index is 1.42. The summed E-state index contributed by atoms with van der Waals surface area (Å²) in [6.45, 7) is 5.67. The zero-order valence-electron chi connectivity index (χ0n) is 19.2. The van der Waals surface area contributed by atoms with Crippen molar-refractivity contribution in [3.8, 4) is 0 Å². The number of likely N-dealkylation sites (tertiary alicyclic amines) is 1. The molecule has 1 aromatic heterocycles. The van der Waals surface area contributed by atoms with Crippen LogP contribution in [0.3, 0.4) is 0 Å². The molecule has 5 rings (SSSR count). The summed E-state index contributed by atoms with van der Waals surface area (Å²) in [4.78, 5) is 42.5. The van der Waals surface area contributed by atoms with Crippen LogP contribution in [0.1, 0.15) is 53.8 Å². The minimum Gasteiger partial charge on any atom is -0.369 e. The molecule has 0 bridgehead atoms. The van der Waals surface area contributed by atoms with E-state index in [0.29, 0.717) is 58.3 Å². The van der Waals surface area contributed by atoms with Crippen molar-refractivity contribution >= 4 is 17.7 Å². The average Bonchev–Trinajstić information content (AvgIpc) is 3.58. The van der Waals surface area contributed by atoms with Gasteiger partial charge in [-0.05, 0) is 57.1 Å². The highest BCUT2D eigenvalue weighted by Gasteiger charge is 2.58. The first-order valence-corrected chi connectivity index (χ1v) is 11.6. The number of hydrogen-bond donors (Lipinski definition) is 1. The predicted molar refractivity (Wildman–Crippen MR) is 119 cm³/mol. The Morgan fingerprint density at radius 3 is 2.33 bits per heavy atom. The molecule has 2 fully saturated rings. The second kappa shape index (κ2) is 7.71. The molecule has 1 saturated heterocycles. The number of hydrogen-bond acceptors (Lipinski definition) is 5. The summed E-state index contributed by atoms with van der Waals surface area (Å²) in [5.74, 6) is 0.145. The van der Waals surface area contributed by atoms with E-state index in [4.69, 9.17) is 10.3 Å². The van der Waals surface area contributed by atoms with Crippen LogP contribution in [0.15, 0.2) is 28.8 Å². The summed E-state index contributed by atoms with van der Waals surface area (Å²) in [5.41, 5.74) is 8.01. The van der Waals surface area contributed by atoms with Crippen molar-refractivity contribution in [2.24, 2.45) is 16.6 Å². The maximum absolute atomic E-state index is 14.0. The van der Waals surface area contributed by atoms with E-state index in [1.54, 1.807) is 4.90 Å². The van der Waals surface area contributed by atoms with E-state index in [1.165, 1.54) is 5.56 Å². The second-order valence-electron chi connectivity index (χ2n) is 9.93. The number of piperidine rings is 1. The number of nitrogens with two attached hydrogens (primary N) is 1. The van der Waals surface area contributed by atoms with Gasteiger partial charge in [-0.2, -0.15) is 0 Å². The van der Waals surface area contributed by atoms with E-state index >= 15 is 0 Å². The molecule has 8 heteroatoms. The van der Waals surface area contributed by atoms with E-state index in [2.05, 4.69) is 17.3 Å². The summed E-state index contributed by atoms with van der Waals surface area (Å²) >= 11 is 0. The third kappa shape index (κ3) is 3.52. The van der Waals surface area contributed by atoms with Crippen LogP contribution in [0.5, 0.6) is 0 Å².